The quantitative estimate of drug-likeness (QED) is 0.728. The molecule has 4 heteroatoms. The van der Waals surface area contributed by atoms with Crippen LogP contribution in [0.2, 0.25) is 0 Å². The first kappa shape index (κ1) is 12.8. The van der Waals surface area contributed by atoms with Crippen LogP contribution in [0.4, 0.5) is 0 Å². The Morgan fingerprint density at radius 1 is 1.25 bits per heavy atom. The minimum atomic E-state index is 0.289. The molecule has 2 saturated heterocycles. The maximum Gasteiger partial charge on any atom is 0.0809 e. The predicted octanol–water partition coefficient (Wildman–Crippen LogP) is 2.37. The number of alkyl halides is 1. The van der Waals surface area contributed by atoms with Crippen LogP contribution < -0.4 is 0 Å². The van der Waals surface area contributed by atoms with E-state index in [-0.39, 0.29) is 5.41 Å². The zero-order valence-corrected chi connectivity index (χ0v) is 11.3. The molecule has 2 heterocycles. The molecule has 2 rings (SSSR count). The Bertz CT molecular complexity index is 198. The Morgan fingerprint density at radius 2 is 2.06 bits per heavy atom. The molecule has 0 aliphatic carbocycles. The van der Waals surface area contributed by atoms with Crippen LogP contribution in [0.25, 0.3) is 0 Å². The lowest BCUT2D eigenvalue weighted by Crippen LogP contribution is -2.36. The highest BCUT2D eigenvalue weighted by molar-refractivity contribution is 9.09. The summed E-state index contributed by atoms with van der Waals surface area (Å²) in [5.41, 5.74) is 0.289. The summed E-state index contributed by atoms with van der Waals surface area (Å²) in [6.07, 6.45) is 4.89. The fourth-order valence-electron chi connectivity index (χ4n) is 2.30. The van der Waals surface area contributed by atoms with Gasteiger partial charge in [0.05, 0.1) is 19.3 Å². The Labute approximate surface area is 106 Å². The van der Waals surface area contributed by atoms with Crippen LogP contribution in [-0.2, 0) is 14.2 Å². The second-order valence-electron chi connectivity index (χ2n) is 4.90. The first-order chi connectivity index (χ1) is 7.85. The van der Waals surface area contributed by atoms with Gasteiger partial charge in [-0.2, -0.15) is 0 Å². The van der Waals surface area contributed by atoms with E-state index in [1.54, 1.807) is 0 Å². The molecule has 0 aromatic heterocycles. The van der Waals surface area contributed by atoms with Gasteiger partial charge in [-0.25, -0.2) is 0 Å². The second-order valence-corrected chi connectivity index (χ2v) is 5.46. The van der Waals surface area contributed by atoms with Crippen molar-refractivity contribution < 1.29 is 14.2 Å². The van der Waals surface area contributed by atoms with E-state index in [4.69, 9.17) is 14.2 Å². The molecule has 16 heavy (non-hydrogen) atoms. The van der Waals surface area contributed by atoms with Crippen LogP contribution in [-0.4, -0.2) is 44.5 Å². The fraction of sp³-hybridized carbons (Fsp3) is 1.00. The topological polar surface area (TPSA) is 27.7 Å². The van der Waals surface area contributed by atoms with Gasteiger partial charge in [-0.05, 0) is 25.7 Å². The molecule has 0 aromatic rings. The first-order valence-electron chi connectivity index (χ1n) is 6.18. The second kappa shape index (κ2) is 6.34. The molecule has 0 saturated carbocycles. The summed E-state index contributed by atoms with van der Waals surface area (Å²) in [5.74, 6) is 0. The molecule has 0 N–H and O–H groups in total. The SMILES string of the molecule is BrCC1(COCC2CCCO2)CCOCC1. The van der Waals surface area contributed by atoms with Crippen molar-refractivity contribution in [3.63, 3.8) is 0 Å². The fourth-order valence-corrected chi connectivity index (χ4v) is 3.03. The lowest BCUT2D eigenvalue weighted by Gasteiger charge is -2.35. The van der Waals surface area contributed by atoms with Gasteiger partial charge in [-0.3, -0.25) is 0 Å². The van der Waals surface area contributed by atoms with Gasteiger partial charge in [0.15, 0.2) is 0 Å². The Hall–Kier alpha value is 0.360. The predicted molar refractivity (Wildman–Crippen MR) is 66.1 cm³/mol. The average Bonchev–Trinajstić information content (AvgIpc) is 2.83. The monoisotopic (exact) mass is 292 g/mol. The molecule has 0 bridgehead atoms. The Morgan fingerprint density at radius 3 is 2.69 bits per heavy atom. The van der Waals surface area contributed by atoms with Crippen molar-refractivity contribution in [2.45, 2.75) is 31.8 Å². The maximum absolute atomic E-state index is 5.84. The molecule has 0 spiro atoms. The summed E-state index contributed by atoms with van der Waals surface area (Å²) >= 11 is 3.62. The van der Waals surface area contributed by atoms with Crippen LogP contribution in [0.5, 0.6) is 0 Å². The van der Waals surface area contributed by atoms with Crippen molar-refractivity contribution in [3.05, 3.63) is 0 Å². The van der Waals surface area contributed by atoms with E-state index in [1.165, 1.54) is 6.42 Å². The summed E-state index contributed by atoms with van der Waals surface area (Å²) < 4.78 is 16.8. The van der Waals surface area contributed by atoms with Gasteiger partial charge in [0.25, 0.3) is 0 Å². The summed E-state index contributed by atoms with van der Waals surface area (Å²) in [7, 11) is 0. The zero-order valence-electron chi connectivity index (χ0n) is 9.75. The van der Waals surface area contributed by atoms with Crippen LogP contribution in [0.1, 0.15) is 25.7 Å². The van der Waals surface area contributed by atoms with Gasteiger partial charge in [0.1, 0.15) is 0 Å². The molecule has 0 radical (unpaired) electrons. The normalized spacial score (nSPS) is 29.4. The van der Waals surface area contributed by atoms with Gasteiger partial charge in [0, 0.05) is 30.6 Å². The molecule has 94 valence electrons. The molecule has 0 aromatic carbocycles. The lowest BCUT2D eigenvalue weighted by atomic mass is 9.83. The van der Waals surface area contributed by atoms with E-state index in [0.29, 0.717) is 6.10 Å². The number of halogens is 1. The molecule has 1 atom stereocenters. The average molecular weight is 293 g/mol. The number of rotatable bonds is 5. The summed E-state index contributed by atoms with van der Waals surface area (Å²) in [6.45, 7) is 4.24. The van der Waals surface area contributed by atoms with Crippen molar-refractivity contribution in [1.82, 2.24) is 0 Å². The van der Waals surface area contributed by atoms with Crippen LogP contribution >= 0.6 is 15.9 Å². The van der Waals surface area contributed by atoms with E-state index in [2.05, 4.69) is 15.9 Å². The smallest absolute Gasteiger partial charge is 0.0809 e. The van der Waals surface area contributed by atoms with Crippen LogP contribution in [0.3, 0.4) is 0 Å². The number of hydrogen-bond donors (Lipinski definition) is 0. The highest BCUT2D eigenvalue weighted by atomic mass is 79.9. The van der Waals surface area contributed by atoms with E-state index in [9.17, 15) is 0 Å². The Balaban J connectivity index is 1.69. The minimum Gasteiger partial charge on any atom is -0.381 e. The van der Waals surface area contributed by atoms with E-state index < -0.39 is 0 Å². The maximum atomic E-state index is 5.84. The molecule has 0 amide bonds. The first-order valence-corrected chi connectivity index (χ1v) is 7.30. The highest BCUT2D eigenvalue weighted by Crippen LogP contribution is 2.33. The summed E-state index contributed by atoms with van der Waals surface area (Å²) in [5, 5.41) is 1.01. The summed E-state index contributed by atoms with van der Waals surface area (Å²) in [4.78, 5) is 0. The minimum absolute atomic E-state index is 0.289. The molecular formula is C12H21BrO3. The van der Waals surface area contributed by atoms with Gasteiger partial charge in [-0.15, -0.1) is 0 Å². The third kappa shape index (κ3) is 3.42. The van der Waals surface area contributed by atoms with Crippen molar-refractivity contribution in [2.75, 3.05) is 38.4 Å². The van der Waals surface area contributed by atoms with Crippen molar-refractivity contribution in [1.29, 1.82) is 0 Å². The Kier molecular flexibility index (Phi) is 5.07. The molecule has 2 aliphatic rings. The highest BCUT2D eigenvalue weighted by Gasteiger charge is 2.32. The molecule has 2 aliphatic heterocycles. The van der Waals surface area contributed by atoms with E-state index in [1.807, 2.05) is 0 Å². The van der Waals surface area contributed by atoms with Crippen LogP contribution in [0.15, 0.2) is 0 Å². The molecule has 3 nitrogen and oxygen atoms in total. The summed E-state index contributed by atoms with van der Waals surface area (Å²) in [6, 6.07) is 0. The number of ether oxygens (including phenoxy) is 3. The van der Waals surface area contributed by atoms with Gasteiger partial charge in [0.2, 0.25) is 0 Å². The van der Waals surface area contributed by atoms with Crippen molar-refractivity contribution in [2.24, 2.45) is 5.41 Å². The number of hydrogen-bond acceptors (Lipinski definition) is 3. The van der Waals surface area contributed by atoms with Crippen molar-refractivity contribution >= 4 is 15.9 Å². The molecule has 2 fully saturated rings. The molecule has 1 unspecified atom stereocenters. The largest absolute Gasteiger partial charge is 0.381 e. The van der Waals surface area contributed by atoms with Crippen LogP contribution in [0, 0.1) is 5.41 Å². The third-order valence-electron chi connectivity index (χ3n) is 3.57. The van der Waals surface area contributed by atoms with E-state index >= 15 is 0 Å². The van der Waals surface area contributed by atoms with E-state index in [0.717, 1.165) is 57.6 Å². The zero-order chi connectivity index (χ0) is 11.3. The van der Waals surface area contributed by atoms with Gasteiger partial charge >= 0.3 is 0 Å². The third-order valence-corrected chi connectivity index (χ3v) is 4.76. The standard InChI is InChI=1S/C12H21BrO3/c13-9-12(3-6-14-7-4-12)10-15-8-11-2-1-5-16-11/h11H,1-10H2. The molecular weight excluding hydrogens is 272 g/mol. The van der Waals surface area contributed by atoms with Gasteiger partial charge in [-0.1, -0.05) is 15.9 Å². The van der Waals surface area contributed by atoms with Gasteiger partial charge < -0.3 is 14.2 Å². The van der Waals surface area contributed by atoms with Crippen molar-refractivity contribution in [3.8, 4) is 0 Å². The lowest BCUT2D eigenvalue weighted by molar-refractivity contribution is -0.0500.